The minimum Gasteiger partial charge on any atom is -0.207 e. The van der Waals surface area contributed by atoms with Crippen LogP contribution >= 0.6 is 0 Å². The SMILES string of the molecule is CC(C)(C)C1=CC/C(=C/c2ccc(F)cc2)C=C1. The van der Waals surface area contributed by atoms with Crippen LogP contribution in [0.3, 0.4) is 0 Å². The van der Waals surface area contributed by atoms with Crippen LogP contribution in [0.15, 0.2) is 53.6 Å². The van der Waals surface area contributed by atoms with Gasteiger partial charge in [0.2, 0.25) is 0 Å². The fraction of sp³-hybridized carbons (Fsp3) is 0.294. The quantitative estimate of drug-likeness (QED) is 0.639. The highest BCUT2D eigenvalue weighted by Crippen LogP contribution is 2.31. The van der Waals surface area contributed by atoms with E-state index in [2.05, 4.69) is 45.1 Å². The van der Waals surface area contributed by atoms with Gasteiger partial charge < -0.3 is 0 Å². The van der Waals surface area contributed by atoms with Gasteiger partial charge in [0.25, 0.3) is 0 Å². The predicted octanol–water partition coefficient (Wildman–Crippen LogP) is 5.14. The van der Waals surface area contributed by atoms with Crippen LogP contribution in [0.1, 0.15) is 32.8 Å². The van der Waals surface area contributed by atoms with Crippen LogP contribution in [0.2, 0.25) is 0 Å². The lowest BCUT2D eigenvalue weighted by molar-refractivity contribution is 0.514. The molecule has 0 atom stereocenters. The van der Waals surface area contributed by atoms with Crippen molar-refractivity contribution in [3.8, 4) is 0 Å². The van der Waals surface area contributed by atoms with E-state index in [4.69, 9.17) is 0 Å². The summed E-state index contributed by atoms with van der Waals surface area (Å²) < 4.78 is 12.8. The van der Waals surface area contributed by atoms with Crippen molar-refractivity contribution >= 4 is 6.08 Å². The zero-order chi connectivity index (χ0) is 13.2. The van der Waals surface area contributed by atoms with Crippen molar-refractivity contribution in [3.05, 3.63) is 65.0 Å². The van der Waals surface area contributed by atoms with Crippen LogP contribution in [0.4, 0.5) is 4.39 Å². The molecule has 2 rings (SSSR count). The number of hydrogen-bond donors (Lipinski definition) is 0. The van der Waals surface area contributed by atoms with Crippen LogP contribution in [-0.2, 0) is 0 Å². The molecule has 0 aliphatic heterocycles. The lowest BCUT2D eigenvalue weighted by Gasteiger charge is -2.23. The summed E-state index contributed by atoms with van der Waals surface area (Å²) in [5, 5.41) is 0. The van der Waals surface area contributed by atoms with E-state index in [1.54, 1.807) is 12.1 Å². The summed E-state index contributed by atoms with van der Waals surface area (Å²) in [6, 6.07) is 6.60. The first-order valence-electron chi connectivity index (χ1n) is 6.30. The summed E-state index contributed by atoms with van der Waals surface area (Å²) in [7, 11) is 0. The van der Waals surface area contributed by atoms with Gasteiger partial charge in [0.05, 0.1) is 0 Å². The summed E-state index contributed by atoms with van der Waals surface area (Å²) in [6.07, 6.45) is 9.66. The molecule has 1 aliphatic rings. The first-order valence-corrected chi connectivity index (χ1v) is 6.30. The van der Waals surface area contributed by atoms with Gasteiger partial charge in [-0.05, 0) is 40.7 Å². The minimum atomic E-state index is -0.189. The van der Waals surface area contributed by atoms with Gasteiger partial charge >= 0.3 is 0 Å². The Balaban J connectivity index is 2.13. The average Bonchev–Trinajstić information content (AvgIpc) is 2.32. The van der Waals surface area contributed by atoms with Crippen molar-refractivity contribution in [3.63, 3.8) is 0 Å². The van der Waals surface area contributed by atoms with Crippen molar-refractivity contribution in [1.82, 2.24) is 0 Å². The highest BCUT2D eigenvalue weighted by molar-refractivity contribution is 5.58. The Bertz CT molecular complexity index is 508. The summed E-state index contributed by atoms with van der Waals surface area (Å²) in [4.78, 5) is 0. The number of hydrogen-bond acceptors (Lipinski definition) is 0. The van der Waals surface area contributed by atoms with E-state index in [1.165, 1.54) is 23.3 Å². The normalized spacial score (nSPS) is 18.0. The zero-order valence-corrected chi connectivity index (χ0v) is 11.2. The maximum absolute atomic E-state index is 12.8. The molecule has 0 aromatic heterocycles. The molecule has 0 saturated carbocycles. The molecule has 0 radical (unpaired) electrons. The summed E-state index contributed by atoms with van der Waals surface area (Å²) >= 11 is 0. The molecule has 0 nitrogen and oxygen atoms in total. The molecule has 1 aliphatic carbocycles. The Hall–Kier alpha value is -1.63. The molecular weight excluding hydrogens is 223 g/mol. The van der Waals surface area contributed by atoms with Gasteiger partial charge in [-0.15, -0.1) is 0 Å². The monoisotopic (exact) mass is 242 g/mol. The molecule has 0 N–H and O–H groups in total. The van der Waals surface area contributed by atoms with Gasteiger partial charge in [0, 0.05) is 0 Å². The predicted molar refractivity (Wildman–Crippen MR) is 75.7 cm³/mol. The first-order chi connectivity index (χ1) is 8.45. The number of allylic oxidation sites excluding steroid dienone is 5. The fourth-order valence-electron chi connectivity index (χ4n) is 2.00. The number of benzene rings is 1. The third kappa shape index (κ3) is 3.19. The maximum atomic E-state index is 12.8. The Morgan fingerprint density at radius 1 is 1.06 bits per heavy atom. The number of halogens is 1. The van der Waals surface area contributed by atoms with Gasteiger partial charge in [0.1, 0.15) is 5.82 Å². The lowest BCUT2D eigenvalue weighted by atomic mass is 9.83. The fourth-order valence-corrected chi connectivity index (χ4v) is 2.00. The van der Waals surface area contributed by atoms with E-state index in [0.29, 0.717) is 0 Å². The van der Waals surface area contributed by atoms with Crippen molar-refractivity contribution in [2.24, 2.45) is 5.41 Å². The lowest BCUT2D eigenvalue weighted by Crippen LogP contribution is -2.09. The summed E-state index contributed by atoms with van der Waals surface area (Å²) in [5.74, 6) is -0.189. The number of rotatable bonds is 1. The van der Waals surface area contributed by atoms with Gasteiger partial charge in [-0.25, -0.2) is 4.39 Å². The largest absolute Gasteiger partial charge is 0.207 e. The van der Waals surface area contributed by atoms with Crippen molar-refractivity contribution in [2.45, 2.75) is 27.2 Å². The topological polar surface area (TPSA) is 0 Å². The van der Waals surface area contributed by atoms with Gasteiger partial charge in [-0.2, -0.15) is 0 Å². The van der Waals surface area contributed by atoms with E-state index in [-0.39, 0.29) is 11.2 Å². The molecule has 0 amide bonds. The Kier molecular flexibility index (Phi) is 3.51. The smallest absolute Gasteiger partial charge is 0.123 e. The standard InChI is InChI=1S/C17H19F/c1-17(2,3)15-8-4-13(5-9-15)12-14-6-10-16(18)11-7-14/h4,6-12H,5H2,1-3H3/b13-12+. The third-order valence-electron chi connectivity index (χ3n) is 3.12. The van der Waals surface area contributed by atoms with Crippen LogP contribution in [-0.4, -0.2) is 0 Å². The molecule has 0 spiro atoms. The second-order valence-corrected chi connectivity index (χ2v) is 5.72. The molecule has 0 unspecified atom stereocenters. The van der Waals surface area contributed by atoms with Gasteiger partial charge in [-0.3, -0.25) is 0 Å². The second kappa shape index (κ2) is 4.93. The van der Waals surface area contributed by atoms with Crippen LogP contribution in [0.25, 0.3) is 6.08 Å². The van der Waals surface area contributed by atoms with E-state index in [0.717, 1.165) is 12.0 Å². The Morgan fingerprint density at radius 2 is 1.72 bits per heavy atom. The van der Waals surface area contributed by atoms with Crippen LogP contribution in [0.5, 0.6) is 0 Å². The second-order valence-electron chi connectivity index (χ2n) is 5.72. The highest BCUT2D eigenvalue weighted by Gasteiger charge is 2.16. The molecule has 0 saturated heterocycles. The molecule has 1 aromatic carbocycles. The van der Waals surface area contributed by atoms with Crippen molar-refractivity contribution in [2.75, 3.05) is 0 Å². The molecule has 18 heavy (non-hydrogen) atoms. The molecule has 0 bridgehead atoms. The molecule has 0 heterocycles. The molecular formula is C17H19F. The van der Waals surface area contributed by atoms with Crippen molar-refractivity contribution in [1.29, 1.82) is 0 Å². The maximum Gasteiger partial charge on any atom is 0.123 e. The summed E-state index contributed by atoms with van der Waals surface area (Å²) in [5.41, 5.74) is 3.88. The van der Waals surface area contributed by atoms with Gasteiger partial charge in [0.15, 0.2) is 0 Å². The van der Waals surface area contributed by atoms with E-state index >= 15 is 0 Å². The van der Waals surface area contributed by atoms with E-state index in [9.17, 15) is 4.39 Å². The minimum absolute atomic E-state index is 0.189. The Labute approximate surface area is 109 Å². The highest BCUT2D eigenvalue weighted by atomic mass is 19.1. The van der Waals surface area contributed by atoms with Gasteiger partial charge in [-0.1, -0.05) is 57.2 Å². The Morgan fingerprint density at radius 3 is 2.22 bits per heavy atom. The van der Waals surface area contributed by atoms with Crippen molar-refractivity contribution < 1.29 is 4.39 Å². The molecule has 1 heteroatoms. The molecule has 0 fully saturated rings. The van der Waals surface area contributed by atoms with E-state index < -0.39 is 0 Å². The molecule has 1 aromatic rings. The van der Waals surface area contributed by atoms with Crippen LogP contribution in [0, 0.1) is 11.2 Å². The first kappa shape index (κ1) is 12.8. The average molecular weight is 242 g/mol. The summed E-state index contributed by atoms with van der Waals surface area (Å²) in [6.45, 7) is 6.66. The van der Waals surface area contributed by atoms with E-state index in [1.807, 2.05) is 0 Å². The third-order valence-corrected chi connectivity index (χ3v) is 3.12. The van der Waals surface area contributed by atoms with Crippen LogP contribution < -0.4 is 0 Å². The zero-order valence-electron chi connectivity index (χ0n) is 11.2. The molecule has 94 valence electrons.